The van der Waals surface area contributed by atoms with Gasteiger partial charge in [0.15, 0.2) is 0 Å². The smallest absolute Gasteiger partial charge is 0.347 e. The third kappa shape index (κ3) is 2.37. The number of carbonyl (C=O) groups is 1. The zero-order chi connectivity index (χ0) is 14.3. The molecule has 2 unspecified atom stereocenters. The van der Waals surface area contributed by atoms with Gasteiger partial charge in [-0.05, 0) is 39.2 Å². The Morgan fingerprint density at radius 3 is 2.60 bits per heavy atom. The predicted octanol–water partition coefficient (Wildman–Crippen LogP) is 3.13. The van der Waals surface area contributed by atoms with E-state index in [0.717, 1.165) is 36.4 Å². The summed E-state index contributed by atoms with van der Waals surface area (Å²) in [5.74, 6) is -0.342. The van der Waals surface area contributed by atoms with Crippen LogP contribution in [0, 0.1) is 0 Å². The molecule has 0 saturated carbocycles. The lowest BCUT2D eigenvalue weighted by Crippen LogP contribution is -2.39. The number of fused-ring (bicyclic) bond motifs is 2. The molecule has 1 N–H and O–H groups in total. The van der Waals surface area contributed by atoms with E-state index < -0.39 is 5.97 Å². The van der Waals surface area contributed by atoms with E-state index in [4.69, 9.17) is 0 Å². The number of carboxylic acid groups (broad SMARTS) is 1. The minimum atomic E-state index is -0.812. The van der Waals surface area contributed by atoms with Crippen molar-refractivity contribution in [1.29, 1.82) is 0 Å². The lowest BCUT2D eigenvalue weighted by molar-refractivity contribution is 0.0700. The van der Waals surface area contributed by atoms with Crippen LogP contribution < -0.4 is 0 Å². The summed E-state index contributed by atoms with van der Waals surface area (Å²) in [5, 5.41) is 10.4. The van der Waals surface area contributed by atoms with Crippen LogP contribution in [-0.4, -0.2) is 40.1 Å². The van der Waals surface area contributed by atoms with Gasteiger partial charge in [-0.15, -0.1) is 11.3 Å². The summed E-state index contributed by atoms with van der Waals surface area (Å²) in [4.78, 5) is 19.0. The number of rotatable bonds is 4. The average Bonchev–Trinajstić information content (AvgIpc) is 2.89. The highest BCUT2D eigenvalue weighted by molar-refractivity contribution is 7.13. The fourth-order valence-electron chi connectivity index (χ4n) is 3.73. The van der Waals surface area contributed by atoms with Crippen LogP contribution in [0.1, 0.15) is 65.3 Å². The Kier molecular flexibility index (Phi) is 3.82. The molecule has 2 aliphatic rings. The fraction of sp³-hybridized carbons (Fsp3) is 0.733. The highest BCUT2D eigenvalue weighted by Gasteiger charge is 2.40. The van der Waals surface area contributed by atoms with Crippen molar-refractivity contribution in [3.05, 3.63) is 15.6 Å². The Balaban J connectivity index is 1.84. The van der Waals surface area contributed by atoms with Gasteiger partial charge in [-0.1, -0.05) is 13.3 Å². The van der Waals surface area contributed by atoms with Gasteiger partial charge in [-0.2, -0.15) is 0 Å². The van der Waals surface area contributed by atoms with Crippen LogP contribution in [0.25, 0.3) is 0 Å². The molecule has 3 heterocycles. The van der Waals surface area contributed by atoms with E-state index in [1.807, 2.05) is 0 Å². The maximum atomic E-state index is 11.3. The molecule has 2 aliphatic heterocycles. The van der Waals surface area contributed by atoms with Crippen LogP contribution in [0.2, 0.25) is 0 Å². The average molecular weight is 294 g/mol. The Bertz CT molecular complexity index is 500. The molecule has 2 atom stereocenters. The molecule has 110 valence electrons. The fourth-order valence-corrected chi connectivity index (χ4v) is 4.81. The number of aryl methyl sites for hydroxylation is 1. The highest BCUT2D eigenvalue weighted by Crippen LogP contribution is 2.43. The SMILES string of the molecule is CCCc1nc(C2CC3CCC(C2)N3C)sc1C(=O)O. The minimum Gasteiger partial charge on any atom is -0.477 e. The number of nitrogens with zero attached hydrogens (tertiary/aromatic N) is 2. The van der Waals surface area contributed by atoms with E-state index in [0.29, 0.717) is 22.9 Å². The first-order chi connectivity index (χ1) is 9.60. The second kappa shape index (κ2) is 5.45. The van der Waals surface area contributed by atoms with Crippen LogP contribution in [0.4, 0.5) is 0 Å². The van der Waals surface area contributed by atoms with Gasteiger partial charge in [0.25, 0.3) is 0 Å². The number of hydrogen-bond acceptors (Lipinski definition) is 4. The maximum Gasteiger partial charge on any atom is 0.347 e. The molecule has 20 heavy (non-hydrogen) atoms. The molecule has 0 aromatic carbocycles. The van der Waals surface area contributed by atoms with E-state index in [1.165, 1.54) is 24.2 Å². The summed E-state index contributed by atoms with van der Waals surface area (Å²) in [5.41, 5.74) is 0.797. The summed E-state index contributed by atoms with van der Waals surface area (Å²) in [6.45, 7) is 2.07. The van der Waals surface area contributed by atoms with E-state index in [1.54, 1.807) is 0 Å². The van der Waals surface area contributed by atoms with E-state index >= 15 is 0 Å². The topological polar surface area (TPSA) is 53.4 Å². The number of carboxylic acids is 1. The van der Waals surface area contributed by atoms with Gasteiger partial charge in [0.05, 0.1) is 10.7 Å². The summed E-state index contributed by atoms with van der Waals surface area (Å²) >= 11 is 1.42. The molecular formula is C15H22N2O2S. The molecule has 0 spiro atoms. The van der Waals surface area contributed by atoms with E-state index in [9.17, 15) is 9.90 Å². The van der Waals surface area contributed by atoms with Gasteiger partial charge < -0.3 is 10.0 Å². The molecule has 1 aromatic rings. The molecule has 1 aromatic heterocycles. The van der Waals surface area contributed by atoms with Crippen molar-refractivity contribution in [2.24, 2.45) is 0 Å². The van der Waals surface area contributed by atoms with Gasteiger partial charge in [-0.25, -0.2) is 9.78 Å². The Morgan fingerprint density at radius 1 is 1.40 bits per heavy atom. The van der Waals surface area contributed by atoms with Crippen LogP contribution in [0.15, 0.2) is 0 Å². The lowest BCUT2D eigenvalue weighted by Gasteiger charge is -2.35. The van der Waals surface area contributed by atoms with Gasteiger partial charge in [0.2, 0.25) is 0 Å². The second-order valence-electron chi connectivity index (χ2n) is 6.10. The van der Waals surface area contributed by atoms with Crippen LogP contribution >= 0.6 is 11.3 Å². The van der Waals surface area contributed by atoms with Crippen molar-refractivity contribution < 1.29 is 9.90 Å². The number of hydrogen-bond donors (Lipinski definition) is 1. The lowest BCUT2D eigenvalue weighted by atomic mass is 9.92. The summed E-state index contributed by atoms with van der Waals surface area (Å²) in [6.07, 6.45) is 6.59. The molecule has 3 rings (SSSR count). The summed E-state index contributed by atoms with van der Waals surface area (Å²) < 4.78 is 0. The van der Waals surface area contributed by atoms with Crippen molar-refractivity contribution >= 4 is 17.3 Å². The van der Waals surface area contributed by atoms with Crippen molar-refractivity contribution in [1.82, 2.24) is 9.88 Å². The van der Waals surface area contributed by atoms with Gasteiger partial charge in [-0.3, -0.25) is 0 Å². The molecule has 0 amide bonds. The van der Waals surface area contributed by atoms with Gasteiger partial charge >= 0.3 is 5.97 Å². The molecule has 2 bridgehead atoms. The molecule has 4 nitrogen and oxygen atoms in total. The highest BCUT2D eigenvalue weighted by atomic mass is 32.1. The number of aromatic carboxylic acids is 1. The summed E-state index contributed by atoms with van der Waals surface area (Å²) in [7, 11) is 2.23. The number of aromatic nitrogens is 1. The van der Waals surface area contributed by atoms with Gasteiger partial charge in [0, 0.05) is 18.0 Å². The first-order valence-corrected chi connectivity index (χ1v) is 8.36. The van der Waals surface area contributed by atoms with Crippen LogP contribution in [0.5, 0.6) is 0 Å². The molecule has 2 saturated heterocycles. The Hall–Kier alpha value is -0.940. The van der Waals surface area contributed by atoms with Crippen molar-refractivity contribution in [3.63, 3.8) is 0 Å². The first kappa shape index (κ1) is 14.0. The Labute approximate surface area is 123 Å². The quantitative estimate of drug-likeness (QED) is 0.927. The van der Waals surface area contributed by atoms with Crippen molar-refractivity contribution in [3.8, 4) is 0 Å². The second-order valence-corrected chi connectivity index (χ2v) is 7.13. The monoisotopic (exact) mass is 294 g/mol. The predicted molar refractivity (Wildman–Crippen MR) is 79.6 cm³/mol. The molecule has 0 aliphatic carbocycles. The normalized spacial score (nSPS) is 29.8. The number of thiazole rings is 1. The largest absolute Gasteiger partial charge is 0.477 e. The third-order valence-electron chi connectivity index (χ3n) is 4.84. The standard InChI is InChI=1S/C15H22N2O2S/c1-3-4-12-13(15(18)19)20-14(16-12)9-7-10-5-6-11(8-9)17(10)2/h9-11H,3-8H2,1-2H3,(H,18,19). The third-order valence-corrected chi connectivity index (χ3v) is 6.09. The minimum absolute atomic E-state index is 0.466. The first-order valence-electron chi connectivity index (χ1n) is 7.55. The molecule has 0 radical (unpaired) electrons. The van der Waals surface area contributed by atoms with Crippen LogP contribution in [-0.2, 0) is 6.42 Å². The maximum absolute atomic E-state index is 11.3. The van der Waals surface area contributed by atoms with E-state index in [2.05, 4.69) is 23.9 Å². The van der Waals surface area contributed by atoms with Crippen molar-refractivity contribution in [2.45, 2.75) is 63.5 Å². The van der Waals surface area contributed by atoms with Gasteiger partial charge in [0.1, 0.15) is 4.88 Å². The van der Waals surface area contributed by atoms with Crippen molar-refractivity contribution in [2.75, 3.05) is 7.05 Å². The zero-order valence-corrected chi connectivity index (χ0v) is 12.9. The molecule has 2 fully saturated rings. The molecular weight excluding hydrogens is 272 g/mol. The summed E-state index contributed by atoms with van der Waals surface area (Å²) in [6, 6.07) is 1.34. The molecule has 5 heteroatoms. The zero-order valence-electron chi connectivity index (χ0n) is 12.1. The van der Waals surface area contributed by atoms with E-state index in [-0.39, 0.29) is 0 Å². The number of piperidine rings is 1. The Morgan fingerprint density at radius 2 is 2.05 bits per heavy atom. The van der Waals surface area contributed by atoms with Crippen LogP contribution in [0.3, 0.4) is 0 Å².